The number of benzene rings is 1. The molecule has 0 saturated carbocycles. The van der Waals surface area contributed by atoms with E-state index in [-0.39, 0.29) is 24.0 Å². The van der Waals surface area contributed by atoms with E-state index in [1.165, 1.54) is 12.1 Å². The lowest BCUT2D eigenvalue weighted by Gasteiger charge is -2.33. The first-order valence-corrected chi connectivity index (χ1v) is 11.4. The summed E-state index contributed by atoms with van der Waals surface area (Å²) in [5.41, 5.74) is 0.943. The first kappa shape index (κ1) is 22.0. The van der Waals surface area contributed by atoms with Crippen LogP contribution in [0.25, 0.3) is 0 Å². The van der Waals surface area contributed by atoms with Crippen molar-refractivity contribution in [3.8, 4) is 0 Å². The average molecular weight is 393 g/mol. The third-order valence-corrected chi connectivity index (χ3v) is 6.77. The van der Waals surface area contributed by atoms with Crippen molar-refractivity contribution in [2.24, 2.45) is 5.92 Å². The predicted molar refractivity (Wildman–Crippen MR) is 98.2 cm³/mol. The van der Waals surface area contributed by atoms with Crippen LogP contribution in [0.3, 0.4) is 0 Å². The first-order valence-electron chi connectivity index (χ1n) is 8.05. The molecule has 25 heavy (non-hydrogen) atoms. The standard InChI is InChI=1S/C16H28N2O5S2/c1-12(2)16(11-19)18(24(5,20)21)10-14(4)17-25(22,23)15-8-6-13(3)7-9-15/h6-9,12,14,16-17,19H,10-11H2,1-5H3/t14-,16+/m0/s1. The van der Waals surface area contributed by atoms with Gasteiger partial charge in [0.05, 0.1) is 23.8 Å². The van der Waals surface area contributed by atoms with E-state index in [1.54, 1.807) is 32.9 Å². The van der Waals surface area contributed by atoms with Gasteiger partial charge in [0.25, 0.3) is 0 Å². The topological polar surface area (TPSA) is 104 Å². The number of aryl methyl sites for hydroxylation is 1. The fraction of sp³-hybridized carbons (Fsp3) is 0.625. The third kappa shape index (κ3) is 6.34. The van der Waals surface area contributed by atoms with E-state index in [0.29, 0.717) is 0 Å². The van der Waals surface area contributed by atoms with E-state index >= 15 is 0 Å². The highest BCUT2D eigenvalue weighted by atomic mass is 32.2. The van der Waals surface area contributed by atoms with E-state index in [0.717, 1.165) is 16.1 Å². The second kappa shape index (κ2) is 8.59. The normalized spacial score (nSPS) is 15.5. The summed E-state index contributed by atoms with van der Waals surface area (Å²) in [7, 11) is -7.36. The summed E-state index contributed by atoms with van der Waals surface area (Å²) in [5, 5.41) is 9.53. The molecule has 0 aliphatic rings. The molecule has 2 atom stereocenters. The number of hydrogen-bond acceptors (Lipinski definition) is 5. The molecule has 0 fully saturated rings. The molecule has 1 aromatic carbocycles. The molecular formula is C16H28N2O5S2. The van der Waals surface area contributed by atoms with Gasteiger partial charge in [0, 0.05) is 12.6 Å². The Morgan fingerprint density at radius 3 is 2.00 bits per heavy atom. The molecule has 0 aliphatic carbocycles. The van der Waals surface area contributed by atoms with Crippen molar-refractivity contribution in [2.45, 2.75) is 44.7 Å². The maximum absolute atomic E-state index is 12.4. The van der Waals surface area contributed by atoms with E-state index in [4.69, 9.17) is 0 Å². The number of nitrogens with one attached hydrogen (secondary N) is 1. The Morgan fingerprint density at radius 1 is 1.08 bits per heavy atom. The van der Waals surface area contributed by atoms with Crippen molar-refractivity contribution in [1.29, 1.82) is 0 Å². The van der Waals surface area contributed by atoms with Gasteiger partial charge in [0.15, 0.2) is 0 Å². The smallest absolute Gasteiger partial charge is 0.240 e. The SMILES string of the molecule is Cc1ccc(S(=O)(=O)N[C@@H](C)CN([C@H](CO)C(C)C)S(C)(=O)=O)cc1. The summed E-state index contributed by atoms with van der Waals surface area (Å²) in [6.07, 6.45) is 1.05. The Hall–Kier alpha value is -1.00. The molecule has 0 heterocycles. The lowest BCUT2D eigenvalue weighted by molar-refractivity contribution is 0.148. The quantitative estimate of drug-likeness (QED) is 0.651. The molecule has 9 heteroatoms. The van der Waals surface area contributed by atoms with E-state index in [1.807, 2.05) is 6.92 Å². The first-order chi connectivity index (χ1) is 11.4. The summed E-state index contributed by atoms with van der Waals surface area (Å²) >= 11 is 0. The largest absolute Gasteiger partial charge is 0.395 e. The molecular weight excluding hydrogens is 364 g/mol. The lowest BCUT2D eigenvalue weighted by atomic mass is 10.1. The van der Waals surface area contributed by atoms with Gasteiger partial charge in [0.1, 0.15) is 0 Å². The summed E-state index contributed by atoms with van der Waals surface area (Å²) in [6, 6.07) is 5.13. The van der Waals surface area contributed by atoms with E-state index in [2.05, 4.69) is 4.72 Å². The van der Waals surface area contributed by atoms with Crippen LogP contribution >= 0.6 is 0 Å². The molecule has 0 saturated heterocycles. The number of hydrogen-bond donors (Lipinski definition) is 2. The molecule has 0 amide bonds. The zero-order valence-corrected chi connectivity index (χ0v) is 16.9. The van der Waals surface area contributed by atoms with Crippen molar-refractivity contribution in [2.75, 3.05) is 19.4 Å². The van der Waals surface area contributed by atoms with Crippen molar-refractivity contribution in [3.05, 3.63) is 29.8 Å². The second-order valence-corrected chi connectivity index (χ2v) is 10.3. The summed E-state index contributed by atoms with van der Waals surface area (Å²) < 4.78 is 52.7. The molecule has 7 nitrogen and oxygen atoms in total. The monoisotopic (exact) mass is 392 g/mol. The van der Waals surface area contributed by atoms with Gasteiger partial charge in [-0.05, 0) is 31.9 Å². The molecule has 0 radical (unpaired) electrons. The molecule has 1 aromatic rings. The molecule has 0 aromatic heterocycles. The van der Waals surface area contributed by atoms with Crippen LogP contribution in [0.5, 0.6) is 0 Å². The lowest BCUT2D eigenvalue weighted by Crippen LogP contribution is -2.51. The number of aliphatic hydroxyl groups excluding tert-OH is 1. The molecule has 0 unspecified atom stereocenters. The van der Waals surface area contributed by atoms with Crippen LogP contribution < -0.4 is 4.72 Å². The fourth-order valence-electron chi connectivity index (χ4n) is 2.51. The molecule has 1 rings (SSSR count). The minimum Gasteiger partial charge on any atom is -0.395 e. The number of nitrogens with zero attached hydrogens (tertiary/aromatic N) is 1. The molecule has 0 aliphatic heterocycles. The molecule has 2 N–H and O–H groups in total. The summed E-state index contributed by atoms with van der Waals surface area (Å²) in [6.45, 7) is 6.67. The fourth-order valence-corrected chi connectivity index (χ4v) is 5.04. The van der Waals surface area contributed by atoms with Crippen LogP contribution in [-0.2, 0) is 20.0 Å². The number of sulfonamides is 2. The zero-order chi connectivity index (χ0) is 19.4. The average Bonchev–Trinajstić information content (AvgIpc) is 2.45. The molecule has 144 valence electrons. The maximum atomic E-state index is 12.4. The highest BCUT2D eigenvalue weighted by Gasteiger charge is 2.31. The Balaban J connectivity index is 2.97. The van der Waals surface area contributed by atoms with Crippen LogP contribution in [0.2, 0.25) is 0 Å². The summed E-state index contributed by atoms with van der Waals surface area (Å²) in [5.74, 6) is -0.111. The van der Waals surface area contributed by atoms with Crippen molar-refractivity contribution in [3.63, 3.8) is 0 Å². The minimum absolute atomic E-state index is 0.0622. The highest BCUT2D eigenvalue weighted by Crippen LogP contribution is 2.16. The van der Waals surface area contributed by atoms with Crippen LogP contribution in [0.15, 0.2) is 29.2 Å². The molecule has 0 bridgehead atoms. The van der Waals surface area contributed by atoms with Gasteiger partial charge in [-0.15, -0.1) is 0 Å². The van der Waals surface area contributed by atoms with Gasteiger partial charge < -0.3 is 5.11 Å². The Bertz CT molecular complexity index is 758. The van der Waals surface area contributed by atoms with Crippen LogP contribution in [0.1, 0.15) is 26.3 Å². The molecule has 0 spiro atoms. The zero-order valence-electron chi connectivity index (χ0n) is 15.3. The van der Waals surface area contributed by atoms with Gasteiger partial charge >= 0.3 is 0 Å². The predicted octanol–water partition coefficient (Wildman–Crippen LogP) is 0.940. The van der Waals surface area contributed by atoms with Gasteiger partial charge in [-0.1, -0.05) is 31.5 Å². The van der Waals surface area contributed by atoms with Crippen LogP contribution in [0, 0.1) is 12.8 Å². The van der Waals surface area contributed by atoms with Gasteiger partial charge in [0.2, 0.25) is 20.0 Å². The number of aliphatic hydroxyl groups is 1. The van der Waals surface area contributed by atoms with E-state index in [9.17, 15) is 21.9 Å². The second-order valence-electron chi connectivity index (χ2n) is 6.66. The van der Waals surface area contributed by atoms with E-state index < -0.39 is 32.1 Å². The van der Waals surface area contributed by atoms with Crippen molar-refractivity contribution < 1.29 is 21.9 Å². The van der Waals surface area contributed by atoms with Crippen LogP contribution in [0.4, 0.5) is 0 Å². The van der Waals surface area contributed by atoms with Gasteiger partial charge in [-0.3, -0.25) is 0 Å². The maximum Gasteiger partial charge on any atom is 0.240 e. The van der Waals surface area contributed by atoms with Crippen LogP contribution in [-0.4, -0.2) is 57.7 Å². The number of rotatable bonds is 9. The van der Waals surface area contributed by atoms with Crippen molar-refractivity contribution >= 4 is 20.0 Å². The third-order valence-electron chi connectivity index (χ3n) is 3.89. The minimum atomic E-state index is -3.75. The van der Waals surface area contributed by atoms with Crippen molar-refractivity contribution in [1.82, 2.24) is 9.03 Å². The Labute approximate surface area is 151 Å². The summed E-state index contributed by atoms with van der Waals surface area (Å²) in [4.78, 5) is 0.124. The Morgan fingerprint density at radius 2 is 1.60 bits per heavy atom. The highest BCUT2D eigenvalue weighted by molar-refractivity contribution is 7.89. The van der Waals surface area contributed by atoms with Gasteiger partial charge in [-0.2, -0.15) is 4.31 Å². The van der Waals surface area contributed by atoms with Gasteiger partial charge in [-0.25, -0.2) is 21.6 Å². The Kier molecular flexibility index (Phi) is 7.57.